The summed E-state index contributed by atoms with van der Waals surface area (Å²) in [5.41, 5.74) is 0.749. The molecule has 5 rings (SSSR count). The van der Waals surface area contributed by atoms with E-state index in [-0.39, 0.29) is 52.2 Å². The fourth-order valence-electron chi connectivity index (χ4n) is 4.17. The molecule has 0 saturated heterocycles. The predicted molar refractivity (Wildman–Crippen MR) is 115 cm³/mol. The van der Waals surface area contributed by atoms with E-state index in [1.807, 2.05) is 0 Å². The van der Waals surface area contributed by atoms with E-state index in [0.29, 0.717) is 11.1 Å². The number of hydrogen-bond donors (Lipinski definition) is 6. The molecule has 6 N–H and O–H groups in total. The zero-order chi connectivity index (χ0) is 24.1. The van der Waals surface area contributed by atoms with Crippen molar-refractivity contribution in [3.63, 3.8) is 0 Å². The number of phenols is 5. The molecule has 2 aliphatic heterocycles. The van der Waals surface area contributed by atoms with Crippen molar-refractivity contribution in [2.75, 3.05) is 6.61 Å². The van der Waals surface area contributed by atoms with Crippen LogP contribution in [0.4, 0.5) is 0 Å². The monoisotopic (exact) mass is 468 g/mol. The molecule has 0 fully saturated rings. The minimum Gasteiger partial charge on any atom is -0.508 e. The van der Waals surface area contributed by atoms with Gasteiger partial charge < -0.3 is 44.8 Å². The van der Waals surface area contributed by atoms with Gasteiger partial charge in [-0.3, -0.25) is 4.79 Å². The van der Waals surface area contributed by atoms with E-state index < -0.39 is 36.5 Å². The Labute approximate surface area is 192 Å². The summed E-state index contributed by atoms with van der Waals surface area (Å²) in [6, 6.07) is 9.18. The van der Waals surface area contributed by atoms with Crippen molar-refractivity contribution in [1.82, 2.24) is 0 Å². The first-order valence-corrected chi connectivity index (χ1v) is 10.3. The molecule has 0 saturated carbocycles. The summed E-state index contributed by atoms with van der Waals surface area (Å²) in [4.78, 5) is 12.6. The lowest BCUT2D eigenvalue weighted by atomic mass is 9.94. The lowest BCUT2D eigenvalue weighted by molar-refractivity contribution is -0.0144. The van der Waals surface area contributed by atoms with Crippen LogP contribution in [0.25, 0.3) is 0 Å². The third-order valence-corrected chi connectivity index (χ3v) is 5.78. The van der Waals surface area contributed by atoms with E-state index in [4.69, 9.17) is 14.2 Å². The normalized spacial score (nSPS) is 21.0. The molecule has 0 aliphatic carbocycles. The van der Waals surface area contributed by atoms with Crippen LogP contribution in [0.2, 0.25) is 0 Å². The first kappa shape index (κ1) is 21.5. The Morgan fingerprint density at radius 1 is 0.765 bits per heavy atom. The van der Waals surface area contributed by atoms with Crippen LogP contribution in [0.1, 0.15) is 40.1 Å². The Morgan fingerprint density at radius 2 is 1.53 bits per heavy atom. The van der Waals surface area contributed by atoms with Gasteiger partial charge in [-0.05, 0) is 24.3 Å². The van der Waals surface area contributed by atoms with Crippen LogP contribution >= 0.6 is 0 Å². The highest BCUT2D eigenvalue weighted by Gasteiger charge is 2.37. The molecule has 3 aromatic rings. The largest absolute Gasteiger partial charge is 0.508 e. The first-order valence-electron chi connectivity index (χ1n) is 10.3. The van der Waals surface area contributed by atoms with E-state index in [1.165, 1.54) is 36.4 Å². The number of ether oxygens (including phenoxy) is 3. The Hall–Kier alpha value is -4.31. The number of carbonyl (C=O) groups is 1. The smallest absolute Gasteiger partial charge is 0.203 e. The molecule has 0 aromatic heterocycles. The Balaban J connectivity index is 1.51. The van der Waals surface area contributed by atoms with Gasteiger partial charge in [0.15, 0.2) is 41.0 Å². The van der Waals surface area contributed by atoms with Crippen LogP contribution < -0.4 is 14.2 Å². The second kappa shape index (κ2) is 7.92. The number of fused-ring (bicyclic) bond motifs is 2. The maximum Gasteiger partial charge on any atom is 0.203 e. The lowest BCUT2D eigenvalue weighted by Gasteiger charge is -2.34. The highest BCUT2D eigenvalue weighted by atomic mass is 16.6. The molecule has 0 spiro atoms. The van der Waals surface area contributed by atoms with Gasteiger partial charge in [0.25, 0.3) is 0 Å². The zero-order valence-corrected chi connectivity index (χ0v) is 17.5. The number of ketones is 1. The minimum atomic E-state index is -0.918. The average molecular weight is 468 g/mol. The predicted octanol–water partition coefficient (Wildman–Crippen LogP) is 2.79. The third kappa shape index (κ3) is 3.54. The topological polar surface area (TPSA) is 166 Å². The Kier molecular flexibility index (Phi) is 5.02. The van der Waals surface area contributed by atoms with Crippen molar-refractivity contribution in [2.45, 2.75) is 24.7 Å². The van der Waals surface area contributed by atoms with Crippen molar-refractivity contribution in [2.24, 2.45) is 0 Å². The van der Waals surface area contributed by atoms with Crippen molar-refractivity contribution in [3.05, 3.63) is 59.2 Å². The molecule has 2 aliphatic rings. The lowest BCUT2D eigenvalue weighted by Crippen LogP contribution is -2.36. The number of carbonyl (C=O) groups excluding carboxylic acids is 1. The zero-order valence-electron chi connectivity index (χ0n) is 17.5. The summed E-state index contributed by atoms with van der Waals surface area (Å²) in [6.45, 7) is -0.461. The number of aromatic hydroxyl groups is 5. The third-order valence-electron chi connectivity index (χ3n) is 5.78. The Bertz CT molecular complexity index is 1300. The maximum atomic E-state index is 12.6. The molecule has 3 unspecified atom stereocenters. The molecule has 0 amide bonds. The van der Waals surface area contributed by atoms with Gasteiger partial charge >= 0.3 is 0 Å². The molecule has 3 atom stereocenters. The number of rotatable bonds is 3. The molecular formula is C24H20O10. The molecule has 34 heavy (non-hydrogen) atoms. The molecule has 0 bridgehead atoms. The number of aliphatic hydroxyl groups is 1. The quantitative estimate of drug-likeness (QED) is 0.315. The Morgan fingerprint density at radius 3 is 2.26 bits per heavy atom. The molecule has 0 radical (unpaired) electrons. The van der Waals surface area contributed by atoms with Gasteiger partial charge in [0.1, 0.15) is 28.9 Å². The van der Waals surface area contributed by atoms with Gasteiger partial charge in [-0.25, -0.2) is 0 Å². The van der Waals surface area contributed by atoms with E-state index in [1.54, 1.807) is 0 Å². The van der Waals surface area contributed by atoms with Crippen molar-refractivity contribution in [3.8, 4) is 46.0 Å². The second-order valence-electron chi connectivity index (χ2n) is 8.06. The summed E-state index contributed by atoms with van der Waals surface area (Å²) in [5.74, 6) is -1.97. The summed E-state index contributed by atoms with van der Waals surface area (Å²) < 4.78 is 17.6. The van der Waals surface area contributed by atoms with Crippen LogP contribution in [0.3, 0.4) is 0 Å². The van der Waals surface area contributed by atoms with E-state index in [9.17, 15) is 35.4 Å². The van der Waals surface area contributed by atoms with Crippen LogP contribution in [0, 0.1) is 0 Å². The number of hydrogen-bond acceptors (Lipinski definition) is 10. The van der Waals surface area contributed by atoms with E-state index >= 15 is 0 Å². The number of aliphatic hydroxyl groups excluding tert-OH is 1. The second-order valence-corrected chi connectivity index (χ2v) is 8.06. The molecule has 2 heterocycles. The number of Topliss-reactive ketones (excluding diaryl/α,β-unsaturated/α-hetero) is 1. The van der Waals surface area contributed by atoms with E-state index in [0.717, 1.165) is 6.07 Å². The molecule has 10 nitrogen and oxygen atoms in total. The fraction of sp³-hybridized carbons (Fsp3) is 0.208. The number of phenolic OH excluding ortho intramolecular Hbond substituents is 5. The van der Waals surface area contributed by atoms with Crippen LogP contribution in [-0.4, -0.2) is 49.1 Å². The summed E-state index contributed by atoms with van der Waals surface area (Å²) in [5, 5.41) is 59.6. The highest BCUT2D eigenvalue weighted by Crippen LogP contribution is 2.49. The van der Waals surface area contributed by atoms with Gasteiger partial charge in [0.2, 0.25) is 5.75 Å². The summed E-state index contributed by atoms with van der Waals surface area (Å²) >= 11 is 0. The van der Waals surface area contributed by atoms with Crippen molar-refractivity contribution < 1.29 is 49.6 Å². The molecular weight excluding hydrogens is 448 g/mol. The van der Waals surface area contributed by atoms with Crippen LogP contribution in [0.5, 0.6) is 46.0 Å². The molecule has 10 heteroatoms. The fourth-order valence-corrected chi connectivity index (χ4v) is 4.17. The SMILES string of the molecule is O=C1CC(c2cc(O)c3c(c2)OC(c2ccc(O)c(O)c2)C(CO)O3)Oc2cc(O)cc(O)c21. The minimum absolute atomic E-state index is 0.00548. The number of benzene rings is 3. The molecule has 3 aromatic carbocycles. The van der Waals surface area contributed by atoms with Gasteiger partial charge in [-0.15, -0.1) is 0 Å². The standard InChI is InChI=1S/C24H20O10/c25-9-21-23(10-1-2-13(27)14(28)3-10)33-20-5-11(4-17(31)24(20)34-21)18-8-16(30)22-15(29)6-12(26)7-19(22)32-18/h1-7,18,21,23,25-29,31H,8-9H2. The van der Waals surface area contributed by atoms with E-state index in [2.05, 4.69) is 0 Å². The van der Waals surface area contributed by atoms with Crippen molar-refractivity contribution in [1.29, 1.82) is 0 Å². The van der Waals surface area contributed by atoms with Crippen LogP contribution in [-0.2, 0) is 0 Å². The van der Waals surface area contributed by atoms with Gasteiger partial charge in [0, 0.05) is 23.3 Å². The van der Waals surface area contributed by atoms with Crippen molar-refractivity contribution >= 4 is 5.78 Å². The van der Waals surface area contributed by atoms with Gasteiger partial charge in [-0.2, -0.15) is 0 Å². The summed E-state index contributed by atoms with van der Waals surface area (Å²) in [7, 11) is 0. The maximum absolute atomic E-state index is 12.6. The highest BCUT2D eigenvalue weighted by molar-refractivity contribution is 6.02. The van der Waals surface area contributed by atoms with Crippen LogP contribution in [0.15, 0.2) is 42.5 Å². The van der Waals surface area contributed by atoms with Gasteiger partial charge in [-0.1, -0.05) is 6.07 Å². The van der Waals surface area contributed by atoms with Gasteiger partial charge in [0.05, 0.1) is 13.0 Å². The molecule has 176 valence electrons. The first-order chi connectivity index (χ1) is 16.2. The summed E-state index contributed by atoms with van der Waals surface area (Å²) in [6.07, 6.45) is -2.80. The average Bonchev–Trinajstić information content (AvgIpc) is 2.79.